The van der Waals surface area contributed by atoms with Crippen molar-refractivity contribution in [1.29, 1.82) is 0 Å². The van der Waals surface area contributed by atoms with Gasteiger partial charge < -0.3 is 39.0 Å². The molecular formula is C22H26O12. The van der Waals surface area contributed by atoms with E-state index in [-0.39, 0.29) is 6.42 Å². The fourth-order valence-electron chi connectivity index (χ4n) is 8.45. The first-order valence-corrected chi connectivity index (χ1v) is 11.3. The Morgan fingerprint density at radius 2 is 1.82 bits per heavy atom. The third-order valence-electron chi connectivity index (χ3n) is 9.34. The average Bonchev–Trinajstić information content (AvgIpc) is 3.43. The third-order valence-corrected chi connectivity index (χ3v) is 9.34. The number of hydrogen-bond donors (Lipinski definition) is 3. The number of carboxylic acid groups (broad SMARTS) is 1. The maximum Gasteiger partial charge on any atom is 0.343 e. The van der Waals surface area contributed by atoms with Crippen molar-refractivity contribution in [2.45, 2.75) is 76.0 Å². The van der Waals surface area contributed by atoms with Crippen LogP contribution in [0, 0.1) is 28.1 Å². The molecule has 6 fully saturated rings. The number of carboxylic acids is 1. The lowest BCUT2D eigenvalue weighted by molar-refractivity contribution is -0.240. The molecule has 0 aromatic heterocycles. The van der Waals surface area contributed by atoms with Crippen LogP contribution in [0.15, 0.2) is 0 Å². The van der Waals surface area contributed by atoms with Crippen LogP contribution in [-0.2, 0) is 42.9 Å². The molecule has 0 bridgehead atoms. The molecule has 2 aliphatic carbocycles. The lowest BCUT2D eigenvalue weighted by Crippen LogP contribution is -2.67. The summed E-state index contributed by atoms with van der Waals surface area (Å²) in [6.07, 6.45) is -7.08. The molecule has 12 nitrogen and oxygen atoms in total. The molecule has 0 radical (unpaired) electrons. The van der Waals surface area contributed by atoms with Crippen molar-refractivity contribution in [3.05, 3.63) is 0 Å². The number of ether oxygens (including phenoxy) is 5. The van der Waals surface area contributed by atoms with Crippen LogP contribution in [0.2, 0.25) is 0 Å². The molecule has 4 aliphatic heterocycles. The summed E-state index contributed by atoms with van der Waals surface area (Å²) in [6, 6.07) is 0. The van der Waals surface area contributed by atoms with Gasteiger partial charge in [-0.15, -0.1) is 0 Å². The summed E-state index contributed by atoms with van der Waals surface area (Å²) in [7, 11) is 0. The Kier molecular flexibility index (Phi) is 3.86. The van der Waals surface area contributed by atoms with Crippen LogP contribution < -0.4 is 0 Å². The van der Waals surface area contributed by atoms with Crippen LogP contribution >= 0.6 is 0 Å². The number of carbonyl (C=O) groups excluding carboxylic acids is 3. The van der Waals surface area contributed by atoms with Crippen molar-refractivity contribution < 1.29 is 58.2 Å². The van der Waals surface area contributed by atoms with E-state index in [4.69, 9.17) is 23.7 Å². The van der Waals surface area contributed by atoms with Crippen molar-refractivity contribution >= 4 is 23.9 Å². The SMILES string of the molecule is CC1C(=O)O[C@H]2[C@H](O)[C@@]34C5CC(C(C)(C)C)C36[C@@H](OC(=O)[C@@H]6OCC(=O)O)O[C@@]4(C(=O)O5)[C@@]12O. The zero-order valence-corrected chi connectivity index (χ0v) is 19.0. The van der Waals surface area contributed by atoms with Gasteiger partial charge in [-0.05, 0) is 24.7 Å². The summed E-state index contributed by atoms with van der Waals surface area (Å²) in [4.78, 5) is 50.5. The maximum absolute atomic E-state index is 13.6. The predicted molar refractivity (Wildman–Crippen MR) is 103 cm³/mol. The van der Waals surface area contributed by atoms with Gasteiger partial charge in [-0.1, -0.05) is 20.8 Å². The van der Waals surface area contributed by atoms with Crippen LogP contribution in [0.25, 0.3) is 0 Å². The molecule has 186 valence electrons. The summed E-state index contributed by atoms with van der Waals surface area (Å²) in [5.74, 6) is -5.84. The van der Waals surface area contributed by atoms with E-state index in [0.717, 1.165) is 0 Å². The van der Waals surface area contributed by atoms with Gasteiger partial charge in [0.2, 0.25) is 11.9 Å². The van der Waals surface area contributed by atoms with Crippen LogP contribution in [0.5, 0.6) is 0 Å². The number of hydrogen-bond acceptors (Lipinski definition) is 11. The molecule has 34 heavy (non-hydrogen) atoms. The first kappa shape index (κ1) is 22.2. The van der Waals surface area contributed by atoms with E-state index in [9.17, 15) is 34.5 Å². The Hall–Kier alpha value is -2.28. The van der Waals surface area contributed by atoms with Crippen LogP contribution in [-0.4, -0.2) is 87.7 Å². The molecule has 4 unspecified atom stereocenters. The molecular weight excluding hydrogens is 456 g/mol. The highest BCUT2D eigenvalue weighted by molar-refractivity contribution is 5.94. The standard InChI is InChI=1S/C22H26O12/c1-7-14(26)32-12-11(25)20-9-5-8(18(2,3)4)19(20)13(30-6-10(23)24)15(27)33-17(19)34-22(20,16(28)31-9)21(7,12)29/h7-9,11-13,17,25,29H,5-6H2,1-4H3,(H,23,24)/t7?,8?,9?,11-,12-,13-,17-,19?,20-,21+,22+/m0/s1. The minimum absolute atomic E-state index is 0.169. The summed E-state index contributed by atoms with van der Waals surface area (Å²) >= 11 is 0. The van der Waals surface area contributed by atoms with E-state index in [1.807, 2.05) is 20.8 Å². The molecule has 0 amide bonds. The van der Waals surface area contributed by atoms with Crippen molar-refractivity contribution in [3.63, 3.8) is 0 Å². The number of aliphatic carboxylic acids is 1. The minimum atomic E-state index is -2.32. The number of carbonyl (C=O) groups is 4. The van der Waals surface area contributed by atoms with E-state index in [1.165, 1.54) is 6.92 Å². The van der Waals surface area contributed by atoms with Gasteiger partial charge in [0.15, 0.2) is 17.8 Å². The van der Waals surface area contributed by atoms with Gasteiger partial charge in [0.05, 0.1) is 16.7 Å². The molecule has 12 heteroatoms. The Balaban J connectivity index is 1.67. The molecule has 2 spiro atoms. The fourth-order valence-corrected chi connectivity index (χ4v) is 8.45. The summed E-state index contributed by atoms with van der Waals surface area (Å²) in [5.41, 5.74) is -8.62. The zero-order chi connectivity index (χ0) is 24.8. The topological polar surface area (TPSA) is 175 Å². The number of aliphatic hydroxyl groups excluding tert-OH is 1. The molecule has 6 rings (SSSR count). The highest BCUT2D eigenvalue weighted by atomic mass is 16.8. The smallest absolute Gasteiger partial charge is 0.343 e. The quantitative estimate of drug-likeness (QED) is 0.322. The maximum atomic E-state index is 13.6. The molecule has 0 aromatic rings. The highest BCUT2D eigenvalue weighted by Crippen LogP contribution is 2.84. The van der Waals surface area contributed by atoms with E-state index in [0.29, 0.717) is 0 Å². The lowest BCUT2D eigenvalue weighted by atomic mass is 9.51. The summed E-state index contributed by atoms with van der Waals surface area (Å²) in [6.45, 7) is 6.19. The Morgan fingerprint density at radius 1 is 1.15 bits per heavy atom. The van der Waals surface area contributed by atoms with E-state index >= 15 is 0 Å². The zero-order valence-electron chi connectivity index (χ0n) is 19.0. The van der Waals surface area contributed by atoms with Crippen LogP contribution in [0.3, 0.4) is 0 Å². The molecule has 2 saturated carbocycles. The van der Waals surface area contributed by atoms with Gasteiger partial charge in [-0.3, -0.25) is 4.79 Å². The fraction of sp³-hybridized carbons (Fsp3) is 0.818. The van der Waals surface area contributed by atoms with Gasteiger partial charge in [0, 0.05) is 0 Å². The molecule has 3 N–H and O–H groups in total. The normalized spacial score (nSPS) is 54.3. The van der Waals surface area contributed by atoms with Gasteiger partial charge in [-0.25, -0.2) is 14.4 Å². The average molecular weight is 482 g/mol. The third kappa shape index (κ3) is 1.80. The van der Waals surface area contributed by atoms with E-state index in [1.54, 1.807) is 0 Å². The Bertz CT molecular complexity index is 1050. The van der Waals surface area contributed by atoms with Crippen molar-refractivity contribution in [2.24, 2.45) is 28.1 Å². The second kappa shape index (κ2) is 5.92. The van der Waals surface area contributed by atoms with Crippen molar-refractivity contribution in [2.75, 3.05) is 6.61 Å². The second-order valence-electron chi connectivity index (χ2n) is 11.4. The first-order valence-electron chi connectivity index (χ1n) is 11.3. The van der Waals surface area contributed by atoms with Gasteiger partial charge in [0.1, 0.15) is 18.8 Å². The van der Waals surface area contributed by atoms with E-state index < -0.39 is 100 Å². The predicted octanol–water partition coefficient (Wildman–Crippen LogP) is -1.26. The molecule has 11 atom stereocenters. The molecule has 6 aliphatic rings. The number of fused-ring (bicyclic) bond motifs is 1. The largest absolute Gasteiger partial charge is 0.480 e. The highest BCUT2D eigenvalue weighted by Gasteiger charge is 3.04. The molecule has 4 heterocycles. The summed E-state index contributed by atoms with van der Waals surface area (Å²) in [5, 5.41) is 33.1. The number of aliphatic hydroxyl groups is 2. The number of rotatable bonds is 3. The van der Waals surface area contributed by atoms with Crippen LogP contribution in [0.4, 0.5) is 0 Å². The van der Waals surface area contributed by atoms with Gasteiger partial charge >= 0.3 is 23.9 Å². The molecule has 4 saturated heterocycles. The van der Waals surface area contributed by atoms with E-state index in [2.05, 4.69) is 0 Å². The minimum Gasteiger partial charge on any atom is -0.480 e. The lowest BCUT2D eigenvalue weighted by Gasteiger charge is -2.48. The summed E-state index contributed by atoms with van der Waals surface area (Å²) < 4.78 is 28.5. The Morgan fingerprint density at radius 3 is 2.44 bits per heavy atom. The monoisotopic (exact) mass is 482 g/mol. The number of esters is 3. The van der Waals surface area contributed by atoms with Gasteiger partial charge in [0.25, 0.3) is 0 Å². The molecule has 0 aromatic carbocycles. The van der Waals surface area contributed by atoms with Crippen molar-refractivity contribution in [1.82, 2.24) is 0 Å². The van der Waals surface area contributed by atoms with Gasteiger partial charge in [-0.2, -0.15) is 0 Å². The Labute approximate surface area is 193 Å². The first-order chi connectivity index (χ1) is 15.7. The van der Waals surface area contributed by atoms with Crippen molar-refractivity contribution in [3.8, 4) is 0 Å². The van der Waals surface area contributed by atoms with Crippen LogP contribution in [0.1, 0.15) is 34.1 Å². The second-order valence-corrected chi connectivity index (χ2v) is 11.4.